The van der Waals surface area contributed by atoms with Crippen LogP contribution in [-0.4, -0.2) is 24.0 Å². The number of benzene rings is 2. The van der Waals surface area contributed by atoms with E-state index >= 15 is 0 Å². The van der Waals surface area contributed by atoms with Crippen molar-refractivity contribution in [3.8, 4) is 28.4 Å². The number of carbonyl (C=O) groups is 1. The number of carbonyl (C=O) groups excluding carboxylic acids is 1. The van der Waals surface area contributed by atoms with E-state index < -0.39 is 0 Å². The summed E-state index contributed by atoms with van der Waals surface area (Å²) in [4.78, 5) is 17.7. The van der Waals surface area contributed by atoms with Crippen molar-refractivity contribution in [3.05, 3.63) is 65.5 Å². The molecule has 4 rings (SSSR count). The Morgan fingerprint density at radius 3 is 2.52 bits per heavy atom. The quantitative estimate of drug-likeness (QED) is 0.396. The first-order chi connectivity index (χ1) is 15.1. The van der Waals surface area contributed by atoms with Gasteiger partial charge in [0, 0.05) is 29.0 Å². The number of hydrogen-bond acceptors (Lipinski definition) is 6. The number of nitrogens with two attached hydrogens (primary N) is 1. The molecule has 6 nitrogen and oxygen atoms in total. The molecule has 3 aromatic rings. The minimum absolute atomic E-state index is 0.152. The SMILES string of the molecule is CCCOc1cc(OCC)c2c(c1N)C(=O)c1cccc(OC(C)c3ccccn3)c1-2. The number of nitrogens with zero attached hydrogens (tertiary/aromatic N) is 1. The first-order valence-electron chi connectivity index (χ1n) is 10.5. The highest BCUT2D eigenvalue weighted by molar-refractivity contribution is 6.26. The maximum atomic E-state index is 13.3. The van der Waals surface area contributed by atoms with Crippen LogP contribution < -0.4 is 19.9 Å². The van der Waals surface area contributed by atoms with Gasteiger partial charge in [-0.3, -0.25) is 9.78 Å². The Labute approximate surface area is 182 Å². The molecule has 6 heteroatoms. The van der Waals surface area contributed by atoms with Gasteiger partial charge in [-0.05, 0) is 38.5 Å². The summed E-state index contributed by atoms with van der Waals surface area (Å²) in [5.41, 5.74) is 9.84. The highest BCUT2D eigenvalue weighted by atomic mass is 16.5. The van der Waals surface area contributed by atoms with E-state index in [1.165, 1.54) is 0 Å². The molecule has 0 amide bonds. The van der Waals surface area contributed by atoms with E-state index in [-0.39, 0.29) is 11.9 Å². The van der Waals surface area contributed by atoms with E-state index in [1.54, 1.807) is 18.3 Å². The molecule has 0 spiro atoms. The van der Waals surface area contributed by atoms with E-state index in [9.17, 15) is 4.79 Å². The van der Waals surface area contributed by atoms with Crippen molar-refractivity contribution in [2.45, 2.75) is 33.3 Å². The van der Waals surface area contributed by atoms with Gasteiger partial charge in [-0.1, -0.05) is 25.1 Å². The fourth-order valence-electron chi connectivity index (χ4n) is 3.81. The van der Waals surface area contributed by atoms with Crippen molar-refractivity contribution in [1.29, 1.82) is 0 Å². The van der Waals surface area contributed by atoms with Crippen LogP contribution in [0.4, 0.5) is 5.69 Å². The van der Waals surface area contributed by atoms with E-state index in [0.29, 0.717) is 58.4 Å². The van der Waals surface area contributed by atoms with Crippen LogP contribution in [-0.2, 0) is 0 Å². The summed E-state index contributed by atoms with van der Waals surface area (Å²) in [7, 11) is 0. The van der Waals surface area contributed by atoms with Gasteiger partial charge in [0.1, 0.15) is 23.4 Å². The van der Waals surface area contributed by atoms with Gasteiger partial charge >= 0.3 is 0 Å². The molecule has 2 N–H and O–H groups in total. The zero-order chi connectivity index (χ0) is 22.0. The van der Waals surface area contributed by atoms with Crippen LogP contribution in [0, 0.1) is 0 Å². The van der Waals surface area contributed by atoms with Crippen molar-refractivity contribution in [2.24, 2.45) is 0 Å². The number of hydrogen-bond donors (Lipinski definition) is 1. The van der Waals surface area contributed by atoms with Crippen molar-refractivity contribution < 1.29 is 19.0 Å². The Balaban J connectivity index is 1.84. The lowest BCUT2D eigenvalue weighted by Gasteiger charge is -2.19. The average Bonchev–Trinajstić information content (AvgIpc) is 3.09. The maximum Gasteiger partial charge on any atom is 0.196 e. The fraction of sp³-hybridized carbons (Fsp3) is 0.280. The molecule has 31 heavy (non-hydrogen) atoms. The molecule has 2 aromatic carbocycles. The van der Waals surface area contributed by atoms with E-state index in [0.717, 1.165) is 12.1 Å². The molecule has 0 aliphatic heterocycles. The minimum atomic E-state index is -0.299. The van der Waals surface area contributed by atoms with E-state index in [1.807, 2.05) is 51.1 Å². The summed E-state index contributed by atoms with van der Waals surface area (Å²) in [6.07, 6.45) is 2.26. The molecule has 0 bridgehead atoms. The van der Waals surface area contributed by atoms with Crippen LogP contribution in [0.15, 0.2) is 48.7 Å². The lowest BCUT2D eigenvalue weighted by Crippen LogP contribution is -2.07. The third kappa shape index (κ3) is 3.69. The summed E-state index contributed by atoms with van der Waals surface area (Å²) in [5, 5.41) is 0. The first-order valence-corrected chi connectivity index (χ1v) is 10.5. The summed E-state index contributed by atoms with van der Waals surface area (Å²) in [6.45, 7) is 6.80. The van der Waals surface area contributed by atoms with E-state index in [4.69, 9.17) is 19.9 Å². The minimum Gasteiger partial charge on any atom is -0.493 e. The number of aromatic nitrogens is 1. The molecule has 1 aliphatic rings. The van der Waals surface area contributed by atoms with Crippen LogP contribution in [0.25, 0.3) is 11.1 Å². The second-order valence-corrected chi connectivity index (χ2v) is 7.34. The van der Waals surface area contributed by atoms with Crippen LogP contribution in [0.3, 0.4) is 0 Å². The summed E-state index contributed by atoms with van der Waals surface area (Å²) < 4.78 is 18.0. The third-order valence-corrected chi connectivity index (χ3v) is 5.21. The number of ketones is 1. The number of rotatable bonds is 8. The van der Waals surface area contributed by atoms with Crippen LogP contribution >= 0.6 is 0 Å². The lowest BCUT2D eigenvalue weighted by atomic mass is 10.0. The monoisotopic (exact) mass is 418 g/mol. The standard InChI is InChI=1S/C25H26N2O4/c1-4-13-30-20-14-19(29-5-2)22-21-16(25(28)23(22)24(20)26)9-8-11-18(21)31-15(3)17-10-6-7-12-27-17/h6-12,14-15H,4-5,13,26H2,1-3H3. The van der Waals surface area contributed by atoms with Gasteiger partial charge in [0.05, 0.1) is 30.2 Å². The second kappa shape index (κ2) is 8.68. The number of pyridine rings is 1. The number of nitrogen functional groups attached to an aromatic ring is 1. The highest BCUT2D eigenvalue weighted by Crippen LogP contribution is 2.52. The van der Waals surface area contributed by atoms with Gasteiger partial charge in [-0.2, -0.15) is 0 Å². The molecule has 1 heterocycles. The smallest absolute Gasteiger partial charge is 0.196 e. The largest absolute Gasteiger partial charge is 0.493 e. The predicted octanol–water partition coefficient (Wildman–Crippen LogP) is 5.20. The molecule has 1 unspecified atom stereocenters. The zero-order valence-corrected chi connectivity index (χ0v) is 18.0. The molecule has 0 saturated carbocycles. The third-order valence-electron chi connectivity index (χ3n) is 5.21. The Morgan fingerprint density at radius 1 is 0.968 bits per heavy atom. The molecule has 1 aliphatic carbocycles. The molecule has 1 atom stereocenters. The molecule has 0 radical (unpaired) electrons. The van der Waals surface area contributed by atoms with Gasteiger partial charge in [0.25, 0.3) is 0 Å². The average molecular weight is 418 g/mol. The number of fused-ring (bicyclic) bond motifs is 3. The number of ether oxygens (including phenoxy) is 3. The lowest BCUT2D eigenvalue weighted by molar-refractivity contribution is 0.104. The van der Waals surface area contributed by atoms with Gasteiger partial charge in [0.2, 0.25) is 0 Å². The van der Waals surface area contributed by atoms with E-state index in [2.05, 4.69) is 4.98 Å². The molecule has 1 aromatic heterocycles. The van der Waals surface area contributed by atoms with Crippen molar-refractivity contribution in [3.63, 3.8) is 0 Å². The highest BCUT2D eigenvalue weighted by Gasteiger charge is 2.36. The Morgan fingerprint density at radius 2 is 1.81 bits per heavy atom. The summed E-state index contributed by atoms with van der Waals surface area (Å²) in [6, 6.07) is 12.9. The van der Waals surface area contributed by atoms with Crippen molar-refractivity contribution in [2.75, 3.05) is 18.9 Å². The summed E-state index contributed by atoms with van der Waals surface area (Å²) in [5.74, 6) is 1.47. The molecule has 0 saturated heterocycles. The van der Waals surface area contributed by atoms with Crippen molar-refractivity contribution >= 4 is 11.5 Å². The Bertz CT molecular complexity index is 1110. The summed E-state index contributed by atoms with van der Waals surface area (Å²) >= 11 is 0. The topological polar surface area (TPSA) is 83.7 Å². The maximum absolute atomic E-state index is 13.3. The number of anilines is 1. The van der Waals surface area contributed by atoms with Crippen LogP contribution in [0.5, 0.6) is 17.2 Å². The van der Waals surface area contributed by atoms with Gasteiger partial charge in [0.15, 0.2) is 5.78 Å². The molecular weight excluding hydrogens is 392 g/mol. The molecular formula is C25H26N2O4. The fourth-order valence-corrected chi connectivity index (χ4v) is 3.81. The van der Waals surface area contributed by atoms with Gasteiger partial charge in [-0.25, -0.2) is 0 Å². The van der Waals surface area contributed by atoms with Crippen LogP contribution in [0.2, 0.25) is 0 Å². The van der Waals surface area contributed by atoms with Crippen molar-refractivity contribution in [1.82, 2.24) is 4.98 Å². The molecule has 0 fully saturated rings. The normalized spacial score (nSPS) is 12.8. The van der Waals surface area contributed by atoms with Crippen LogP contribution in [0.1, 0.15) is 54.9 Å². The Hall–Kier alpha value is -3.54. The predicted molar refractivity (Wildman–Crippen MR) is 120 cm³/mol. The van der Waals surface area contributed by atoms with Gasteiger partial charge < -0.3 is 19.9 Å². The molecule has 160 valence electrons. The first kappa shape index (κ1) is 20.7. The zero-order valence-electron chi connectivity index (χ0n) is 18.0. The van der Waals surface area contributed by atoms with Gasteiger partial charge in [-0.15, -0.1) is 0 Å². The Kier molecular flexibility index (Phi) is 5.80. The second-order valence-electron chi connectivity index (χ2n) is 7.34.